The molecule has 0 unspecified atom stereocenters. The molecule has 2 nitrogen and oxygen atoms in total. The van der Waals surface area contributed by atoms with Gasteiger partial charge in [0.2, 0.25) is 0 Å². The number of hydrogen-bond acceptors (Lipinski definition) is 2. The molecular formula is C24H23O2P. The zero-order valence-corrected chi connectivity index (χ0v) is 16.3. The fourth-order valence-electron chi connectivity index (χ4n) is 2.79. The highest BCUT2D eigenvalue weighted by Gasteiger charge is 2.12. The van der Waals surface area contributed by atoms with E-state index in [0.717, 1.165) is 17.3 Å². The number of benzene rings is 3. The van der Waals surface area contributed by atoms with Crippen LogP contribution >= 0.6 is 7.92 Å². The Morgan fingerprint density at radius 2 is 1.41 bits per heavy atom. The molecule has 0 N–H and O–H groups in total. The summed E-state index contributed by atoms with van der Waals surface area (Å²) in [5.74, 6) is 0.0805. The van der Waals surface area contributed by atoms with Crippen LogP contribution in [0.4, 0.5) is 0 Å². The third-order valence-corrected chi connectivity index (χ3v) is 6.72. The number of hydrogen-bond donors (Lipinski definition) is 0. The minimum atomic E-state index is -0.430. The number of carbonyl (C=O) groups is 1. The maximum atomic E-state index is 11.3. The summed E-state index contributed by atoms with van der Waals surface area (Å²) in [6.07, 6.45) is 4.64. The Morgan fingerprint density at radius 1 is 0.852 bits per heavy atom. The molecule has 136 valence electrons. The highest BCUT2D eigenvalue weighted by atomic mass is 31.1. The zero-order valence-electron chi connectivity index (χ0n) is 15.4. The van der Waals surface area contributed by atoms with Crippen molar-refractivity contribution in [2.24, 2.45) is 0 Å². The van der Waals surface area contributed by atoms with E-state index in [1.54, 1.807) is 13.2 Å². The summed E-state index contributed by atoms with van der Waals surface area (Å²) in [5, 5.41) is 2.73. The molecule has 0 aliphatic rings. The molecule has 3 aromatic rings. The standard InChI is InChI=1S/C24H23O2P/c1-20(25)22-14-12-21(13-15-22)16-17-26-18-19-27(23-8-4-2-5-9-23)24-10-6-3-7-11-24/h2-17H,18-19H2,1H3/b17-16+. The highest BCUT2D eigenvalue weighted by molar-refractivity contribution is 7.73. The molecule has 3 aromatic carbocycles. The lowest BCUT2D eigenvalue weighted by Gasteiger charge is -2.18. The van der Waals surface area contributed by atoms with Crippen LogP contribution in [0.3, 0.4) is 0 Å². The quantitative estimate of drug-likeness (QED) is 0.240. The Kier molecular flexibility index (Phi) is 6.96. The summed E-state index contributed by atoms with van der Waals surface area (Å²) >= 11 is 0. The fourth-order valence-corrected chi connectivity index (χ4v) is 4.96. The van der Waals surface area contributed by atoms with Crippen LogP contribution in [0.1, 0.15) is 22.8 Å². The molecule has 3 rings (SSSR count). The first-order valence-corrected chi connectivity index (χ1v) is 10.5. The third kappa shape index (κ3) is 5.64. The molecule has 0 saturated carbocycles. The maximum absolute atomic E-state index is 11.3. The van der Waals surface area contributed by atoms with Gasteiger partial charge < -0.3 is 4.74 Å². The molecule has 0 aromatic heterocycles. The average Bonchev–Trinajstić information content (AvgIpc) is 2.72. The van der Waals surface area contributed by atoms with Gasteiger partial charge in [0.1, 0.15) is 0 Å². The van der Waals surface area contributed by atoms with Gasteiger partial charge in [-0.1, -0.05) is 84.9 Å². The van der Waals surface area contributed by atoms with Gasteiger partial charge in [0.15, 0.2) is 5.78 Å². The first-order valence-electron chi connectivity index (χ1n) is 9.01. The predicted octanol–water partition coefficient (Wildman–Crippen LogP) is 5.01. The molecule has 27 heavy (non-hydrogen) atoms. The Morgan fingerprint density at radius 3 is 1.93 bits per heavy atom. The molecule has 0 aliphatic heterocycles. The lowest BCUT2D eigenvalue weighted by Crippen LogP contribution is -2.15. The Hall–Kier alpha value is -2.70. The third-order valence-electron chi connectivity index (χ3n) is 4.24. The van der Waals surface area contributed by atoms with Gasteiger partial charge in [-0.2, -0.15) is 0 Å². The molecule has 0 amide bonds. The van der Waals surface area contributed by atoms with Gasteiger partial charge in [-0.3, -0.25) is 4.79 Å². The summed E-state index contributed by atoms with van der Waals surface area (Å²) in [6.45, 7) is 2.24. The van der Waals surface area contributed by atoms with E-state index in [2.05, 4.69) is 60.7 Å². The number of ketones is 1. The van der Waals surface area contributed by atoms with E-state index >= 15 is 0 Å². The number of ether oxygens (including phenoxy) is 1. The normalized spacial score (nSPS) is 11.0. The maximum Gasteiger partial charge on any atom is 0.159 e. The van der Waals surface area contributed by atoms with Crippen LogP contribution in [-0.4, -0.2) is 18.6 Å². The zero-order chi connectivity index (χ0) is 18.9. The smallest absolute Gasteiger partial charge is 0.159 e. The summed E-state index contributed by atoms with van der Waals surface area (Å²) in [7, 11) is -0.430. The number of rotatable bonds is 8. The van der Waals surface area contributed by atoms with Crippen LogP contribution in [0.15, 0.2) is 91.2 Å². The second-order valence-electron chi connectivity index (χ2n) is 6.17. The fraction of sp³-hybridized carbons (Fsp3) is 0.125. The number of carbonyl (C=O) groups excluding carboxylic acids is 1. The first kappa shape index (κ1) is 19.1. The molecule has 0 spiro atoms. The van der Waals surface area contributed by atoms with Gasteiger partial charge >= 0.3 is 0 Å². The van der Waals surface area contributed by atoms with Crippen molar-refractivity contribution in [2.45, 2.75) is 6.92 Å². The lowest BCUT2D eigenvalue weighted by atomic mass is 10.1. The van der Waals surface area contributed by atoms with Crippen molar-refractivity contribution >= 4 is 30.4 Å². The largest absolute Gasteiger partial charge is 0.501 e. The average molecular weight is 374 g/mol. The van der Waals surface area contributed by atoms with Gasteiger partial charge in [0, 0.05) is 11.7 Å². The molecule has 0 bridgehead atoms. The first-order chi connectivity index (χ1) is 13.2. The Balaban J connectivity index is 1.59. The molecule has 0 fully saturated rings. The minimum absolute atomic E-state index is 0.0805. The van der Waals surface area contributed by atoms with Gasteiger partial charge in [-0.05, 0) is 37.1 Å². The van der Waals surface area contributed by atoms with E-state index in [9.17, 15) is 4.79 Å². The highest BCUT2D eigenvalue weighted by Crippen LogP contribution is 2.32. The van der Waals surface area contributed by atoms with Crippen molar-refractivity contribution in [3.63, 3.8) is 0 Å². The van der Waals surface area contributed by atoms with Gasteiger partial charge in [0.25, 0.3) is 0 Å². The molecule has 0 aliphatic carbocycles. The predicted molar refractivity (Wildman–Crippen MR) is 115 cm³/mol. The topological polar surface area (TPSA) is 26.3 Å². The molecule has 0 radical (unpaired) electrons. The second kappa shape index (κ2) is 9.85. The van der Waals surface area contributed by atoms with E-state index in [1.165, 1.54) is 10.6 Å². The van der Waals surface area contributed by atoms with Crippen molar-refractivity contribution in [1.29, 1.82) is 0 Å². The van der Waals surface area contributed by atoms with Crippen molar-refractivity contribution in [1.82, 2.24) is 0 Å². The molecule has 0 heterocycles. The summed E-state index contributed by atoms with van der Waals surface area (Å²) < 4.78 is 5.76. The van der Waals surface area contributed by atoms with Crippen molar-refractivity contribution < 1.29 is 9.53 Å². The van der Waals surface area contributed by atoms with Crippen LogP contribution in [-0.2, 0) is 4.74 Å². The van der Waals surface area contributed by atoms with E-state index in [-0.39, 0.29) is 5.78 Å². The van der Waals surface area contributed by atoms with Crippen molar-refractivity contribution in [2.75, 3.05) is 12.8 Å². The molecule has 0 atom stereocenters. The van der Waals surface area contributed by atoms with Gasteiger partial charge in [-0.15, -0.1) is 0 Å². The van der Waals surface area contributed by atoms with E-state index in [0.29, 0.717) is 6.61 Å². The monoisotopic (exact) mass is 374 g/mol. The molecule has 0 saturated heterocycles. The van der Waals surface area contributed by atoms with Crippen LogP contribution in [0, 0.1) is 0 Å². The van der Waals surface area contributed by atoms with Crippen LogP contribution in [0.5, 0.6) is 0 Å². The van der Waals surface area contributed by atoms with Crippen LogP contribution < -0.4 is 10.6 Å². The summed E-state index contributed by atoms with van der Waals surface area (Å²) in [6, 6.07) is 28.8. The molecule has 3 heteroatoms. The Labute approximate surface area is 162 Å². The van der Waals surface area contributed by atoms with Crippen LogP contribution in [0.2, 0.25) is 0 Å². The molecular weight excluding hydrogens is 351 g/mol. The van der Waals surface area contributed by atoms with Crippen LogP contribution in [0.25, 0.3) is 6.08 Å². The van der Waals surface area contributed by atoms with Crippen molar-refractivity contribution in [3.05, 3.63) is 102 Å². The minimum Gasteiger partial charge on any atom is -0.501 e. The Bertz CT molecular complexity index is 832. The van der Waals surface area contributed by atoms with E-state index in [4.69, 9.17) is 4.74 Å². The van der Waals surface area contributed by atoms with Gasteiger partial charge in [-0.25, -0.2) is 0 Å². The SMILES string of the molecule is CC(=O)c1ccc(/C=C/OCCP(c2ccccc2)c2ccccc2)cc1. The second-order valence-corrected chi connectivity index (χ2v) is 8.51. The van der Waals surface area contributed by atoms with Gasteiger partial charge in [0.05, 0.1) is 12.9 Å². The lowest BCUT2D eigenvalue weighted by molar-refractivity contribution is 0.101. The van der Waals surface area contributed by atoms with E-state index < -0.39 is 7.92 Å². The number of Topliss-reactive ketones (excluding diaryl/α,β-unsaturated/α-hetero) is 1. The summed E-state index contributed by atoms with van der Waals surface area (Å²) in [4.78, 5) is 11.3. The summed E-state index contributed by atoms with van der Waals surface area (Å²) in [5.41, 5.74) is 1.75. The van der Waals surface area contributed by atoms with Crippen molar-refractivity contribution in [3.8, 4) is 0 Å². The van der Waals surface area contributed by atoms with E-state index in [1.807, 2.05) is 30.3 Å².